The van der Waals surface area contributed by atoms with Crippen molar-refractivity contribution in [3.8, 4) is 0 Å². The molecule has 5 rings (SSSR count). The monoisotopic (exact) mass is 626 g/mol. The Morgan fingerprint density at radius 2 is 1.64 bits per heavy atom. The Labute approximate surface area is 259 Å². The van der Waals surface area contributed by atoms with Gasteiger partial charge in [-0.1, -0.05) is 24.3 Å². The molecule has 2 aliphatic heterocycles. The third-order valence-corrected chi connectivity index (χ3v) is 8.21. The van der Waals surface area contributed by atoms with Crippen LogP contribution in [0, 0.1) is 17.5 Å². The van der Waals surface area contributed by atoms with E-state index >= 15 is 4.39 Å². The van der Waals surface area contributed by atoms with Crippen molar-refractivity contribution in [2.75, 3.05) is 46.1 Å². The fourth-order valence-electron chi connectivity index (χ4n) is 5.65. The van der Waals surface area contributed by atoms with E-state index in [2.05, 4.69) is 10.3 Å². The summed E-state index contributed by atoms with van der Waals surface area (Å²) in [7, 11) is 0. The number of hydrogen-bond acceptors (Lipinski definition) is 8. The van der Waals surface area contributed by atoms with Gasteiger partial charge in [0.2, 0.25) is 0 Å². The van der Waals surface area contributed by atoms with Crippen LogP contribution in [-0.2, 0) is 31.8 Å². The molecule has 1 amide bonds. The van der Waals surface area contributed by atoms with Crippen LogP contribution in [0.3, 0.4) is 0 Å². The molecule has 0 unspecified atom stereocenters. The van der Waals surface area contributed by atoms with Gasteiger partial charge in [-0.3, -0.25) is 9.78 Å². The number of benzene rings is 2. The average molecular weight is 627 g/mol. The number of pyridine rings is 1. The quantitative estimate of drug-likeness (QED) is 0.332. The molecule has 2 saturated heterocycles. The highest BCUT2D eigenvalue weighted by Gasteiger charge is 2.29. The maximum absolute atomic E-state index is 15.0. The first-order chi connectivity index (χ1) is 21.8. The van der Waals surface area contributed by atoms with Gasteiger partial charge in [-0.2, -0.15) is 0 Å². The maximum Gasteiger partial charge on any atom is 0.409 e. The molecule has 2 fully saturated rings. The van der Waals surface area contributed by atoms with Crippen LogP contribution in [0.5, 0.6) is 0 Å². The van der Waals surface area contributed by atoms with Gasteiger partial charge in [0, 0.05) is 38.2 Å². The van der Waals surface area contributed by atoms with Crippen molar-refractivity contribution in [3.05, 3.63) is 101 Å². The van der Waals surface area contributed by atoms with Gasteiger partial charge in [0.05, 0.1) is 44.2 Å². The van der Waals surface area contributed by atoms with Crippen molar-refractivity contribution >= 4 is 11.9 Å². The summed E-state index contributed by atoms with van der Waals surface area (Å²) in [5.74, 6) is -2.45. The molecule has 0 bridgehead atoms. The van der Waals surface area contributed by atoms with E-state index < -0.39 is 29.4 Å². The number of ether oxygens (including phenoxy) is 3. The number of Topliss-reactive ketones (excluding diaryl/α,β-unsaturated/α-hetero) is 1. The zero-order chi connectivity index (χ0) is 31.8. The topological polar surface area (TPSA) is 116 Å². The van der Waals surface area contributed by atoms with Crippen LogP contribution in [0.1, 0.15) is 34.6 Å². The molecule has 1 aromatic heterocycles. The lowest BCUT2D eigenvalue weighted by atomic mass is 9.82. The van der Waals surface area contributed by atoms with E-state index in [1.807, 2.05) is 0 Å². The van der Waals surface area contributed by atoms with E-state index in [-0.39, 0.29) is 37.0 Å². The van der Waals surface area contributed by atoms with Crippen molar-refractivity contribution in [2.45, 2.75) is 43.4 Å². The molecule has 3 heterocycles. The summed E-state index contributed by atoms with van der Waals surface area (Å²) in [6, 6.07) is 10.1. The van der Waals surface area contributed by atoms with Gasteiger partial charge in [-0.05, 0) is 59.4 Å². The van der Waals surface area contributed by atoms with Crippen molar-refractivity contribution in [3.63, 3.8) is 0 Å². The minimum atomic E-state index is -1.07. The second-order valence-corrected chi connectivity index (χ2v) is 11.3. The van der Waals surface area contributed by atoms with Crippen LogP contribution in [0.15, 0.2) is 60.9 Å². The Balaban J connectivity index is 1.18. The molecule has 0 radical (unpaired) electrons. The van der Waals surface area contributed by atoms with Gasteiger partial charge in [0.25, 0.3) is 0 Å². The zero-order valence-corrected chi connectivity index (χ0v) is 24.8. The average Bonchev–Trinajstić information content (AvgIpc) is 3.06. The first kappa shape index (κ1) is 32.6. The fourth-order valence-corrected chi connectivity index (χ4v) is 5.65. The molecular formula is C33H37F3N4O5. The number of rotatable bonds is 11. The van der Waals surface area contributed by atoms with E-state index in [1.165, 1.54) is 30.5 Å². The predicted octanol–water partition coefficient (Wildman–Crippen LogP) is 3.53. The number of carbonyl (C=O) groups is 2. The first-order valence-electron chi connectivity index (χ1n) is 15.0. The molecular weight excluding hydrogens is 589 g/mol. The van der Waals surface area contributed by atoms with Gasteiger partial charge in [-0.25, -0.2) is 18.0 Å². The van der Waals surface area contributed by atoms with Crippen LogP contribution >= 0.6 is 0 Å². The summed E-state index contributed by atoms with van der Waals surface area (Å²) in [4.78, 5) is 31.4. The summed E-state index contributed by atoms with van der Waals surface area (Å²) < 4.78 is 59.0. The number of aromatic nitrogens is 1. The van der Waals surface area contributed by atoms with Crippen molar-refractivity contribution in [2.24, 2.45) is 5.73 Å². The van der Waals surface area contributed by atoms with Gasteiger partial charge >= 0.3 is 6.09 Å². The van der Waals surface area contributed by atoms with Gasteiger partial charge in [0.15, 0.2) is 5.78 Å². The molecule has 0 spiro atoms. The Morgan fingerprint density at radius 3 is 2.24 bits per heavy atom. The Hall–Kier alpha value is -3.84. The third kappa shape index (κ3) is 8.66. The number of nitrogens with two attached hydrogens (primary N) is 1. The molecule has 2 aliphatic rings. The Morgan fingerprint density at radius 1 is 1.00 bits per heavy atom. The predicted molar refractivity (Wildman–Crippen MR) is 159 cm³/mol. The largest absolute Gasteiger partial charge is 0.448 e. The number of hydrogen-bond donors (Lipinski definition) is 2. The number of amides is 1. The lowest BCUT2D eigenvalue weighted by molar-refractivity contribution is -0.119. The Kier molecular flexibility index (Phi) is 11.2. The molecule has 3 atom stereocenters. The molecule has 2 aromatic carbocycles. The van der Waals surface area contributed by atoms with E-state index in [4.69, 9.17) is 19.9 Å². The molecule has 45 heavy (non-hydrogen) atoms. The van der Waals surface area contributed by atoms with Gasteiger partial charge in [-0.15, -0.1) is 0 Å². The third-order valence-electron chi connectivity index (χ3n) is 8.21. The standard InChI is InChI=1S/C33H37F3N4O5/c34-24-5-1-21(2-6-24)31(22-3-7-25(35)8-4-22)32(37)30(41)15-23-16-38-18-29(36)28(23)10-9-27-17-39-26(19-44-27)20-45-33(42)40-11-13-43-14-12-40/h1-8,16,18,26-27,31-32,39H,9-15,17,19-20,37H2/t26-,27+,32+/m0/s1. The number of nitrogens with zero attached hydrogens (tertiary/aromatic N) is 2. The molecule has 3 aromatic rings. The van der Waals surface area contributed by atoms with Crippen molar-refractivity contribution in [1.29, 1.82) is 0 Å². The number of halogens is 3. The van der Waals surface area contributed by atoms with Crippen LogP contribution in [-0.4, -0.2) is 86.0 Å². The number of carbonyl (C=O) groups excluding carboxylic acids is 2. The van der Waals surface area contributed by atoms with E-state index in [1.54, 1.807) is 29.2 Å². The van der Waals surface area contributed by atoms with Crippen LogP contribution < -0.4 is 11.1 Å². The smallest absolute Gasteiger partial charge is 0.409 e. The Bertz CT molecular complexity index is 1380. The summed E-state index contributed by atoms with van der Waals surface area (Å²) in [5.41, 5.74) is 8.48. The normalized spacial score (nSPS) is 19.4. The van der Waals surface area contributed by atoms with Crippen molar-refractivity contribution in [1.82, 2.24) is 15.2 Å². The second kappa shape index (κ2) is 15.4. The second-order valence-electron chi connectivity index (χ2n) is 11.3. The van der Waals surface area contributed by atoms with Crippen molar-refractivity contribution < 1.29 is 37.0 Å². The van der Waals surface area contributed by atoms with Crippen LogP contribution in [0.2, 0.25) is 0 Å². The fraction of sp³-hybridized carbons (Fsp3) is 0.424. The van der Waals surface area contributed by atoms with E-state index in [0.717, 1.165) is 6.20 Å². The summed E-state index contributed by atoms with van der Waals surface area (Å²) >= 11 is 0. The SMILES string of the molecule is N[C@H](C(=O)Cc1cncc(F)c1CC[C@@H]1CN[C@H](COC(=O)N2CCOCC2)CO1)C(c1ccc(F)cc1)c1ccc(F)cc1. The van der Waals surface area contributed by atoms with Gasteiger partial charge in [0.1, 0.15) is 24.1 Å². The summed E-state index contributed by atoms with van der Waals surface area (Å²) in [6.45, 7) is 2.99. The number of morpholine rings is 2. The lowest BCUT2D eigenvalue weighted by Gasteiger charge is -2.31. The van der Waals surface area contributed by atoms with E-state index in [9.17, 15) is 18.4 Å². The molecule has 3 N–H and O–H groups in total. The lowest BCUT2D eigenvalue weighted by Crippen LogP contribution is -2.50. The number of ketones is 1. The molecule has 240 valence electrons. The molecule has 9 nitrogen and oxygen atoms in total. The summed E-state index contributed by atoms with van der Waals surface area (Å²) in [5, 5.41) is 3.32. The first-order valence-corrected chi connectivity index (χ1v) is 15.0. The van der Waals surface area contributed by atoms with Crippen LogP contribution in [0.25, 0.3) is 0 Å². The molecule has 0 saturated carbocycles. The number of nitrogens with one attached hydrogen (secondary N) is 1. The highest BCUT2D eigenvalue weighted by atomic mass is 19.1. The highest BCUT2D eigenvalue weighted by molar-refractivity contribution is 5.87. The van der Waals surface area contributed by atoms with Gasteiger partial charge < -0.3 is 30.2 Å². The minimum Gasteiger partial charge on any atom is -0.448 e. The summed E-state index contributed by atoms with van der Waals surface area (Å²) in [6.07, 6.45) is 2.61. The minimum absolute atomic E-state index is 0.159. The highest BCUT2D eigenvalue weighted by Crippen LogP contribution is 2.29. The van der Waals surface area contributed by atoms with E-state index in [0.29, 0.717) is 74.6 Å². The molecule has 0 aliphatic carbocycles. The molecule has 12 heteroatoms. The van der Waals surface area contributed by atoms with Crippen LogP contribution in [0.4, 0.5) is 18.0 Å². The zero-order valence-electron chi connectivity index (χ0n) is 24.8. The maximum atomic E-state index is 15.0.